The number of hydrogen-bond donors (Lipinski definition) is 0. The molecule has 2 aliphatic carbocycles. The van der Waals surface area contributed by atoms with Crippen LogP contribution in [0.3, 0.4) is 0 Å². The van der Waals surface area contributed by atoms with Crippen LogP contribution in [0.5, 0.6) is 0 Å². The number of nitrogens with zero attached hydrogens (tertiary/aromatic N) is 4. The standard InChI is InChI=1S/C18H10N4/c19-9-17(10-20)15-8-4-2-6-13-5-1-3-7-14(13)16(15)18(17,11-21)12-22/h1-8,15-16H/b6-2-,8-4-/t15-,16+/m1/s1. The van der Waals surface area contributed by atoms with Crippen molar-refractivity contribution in [3.05, 3.63) is 53.6 Å². The summed E-state index contributed by atoms with van der Waals surface area (Å²) in [6, 6.07) is 15.4. The average molecular weight is 282 g/mol. The molecule has 0 N–H and O–H groups in total. The zero-order chi connectivity index (χ0) is 15.8. The van der Waals surface area contributed by atoms with Crippen molar-refractivity contribution < 1.29 is 0 Å². The summed E-state index contributed by atoms with van der Waals surface area (Å²) in [5.74, 6) is -0.966. The Kier molecular flexibility index (Phi) is 2.85. The molecule has 4 nitrogen and oxygen atoms in total. The van der Waals surface area contributed by atoms with Crippen LogP contribution in [-0.2, 0) is 0 Å². The zero-order valence-corrected chi connectivity index (χ0v) is 11.6. The van der Waals surface area contributed by atoms with Crippen molar-refractivity contribution in [3.63, 3.8) is 0 Å². The van der Waals surface area contributed by atoms with Crippen molar-refractivity contribution in [2.24, 2.45) is 16.7 Å². The van der Waals surface area contributed by atoms with E-state index in [1.165, 1.54) is 0 Å². The van der Waals surface area contributed by atoms with E-state index in [0.717, 1.165) is 11.1 Å². The molecule has 1 aromatic carbocycles. The summed E-state index contributed by atoms with van der Waals surface area (Å²) in [5, 5.41) is 38.4. The molecule has 1 saturated carbocycles. The normalized spacial score (nSPS) is 28.4. The van der Waals surface area contributed by atoms with Crippen LogP contribution in [0.4, 0.5) is 0 Å². The molecule has 102 valence electrons. The van der Waals surface area contributed by atoms with Gasteiger partial charge < -0.3 is 0 Å². The fourth-order valence-electron chi connectivity index (χ4n) is 3.59. The minimum absolute atomic E-state index is 0.479. The van der Waals surface area contributed by atoms with Crippen molar-refractivity contribution in [1.29, 1.82) is 21.0 Å². The number of hydrogen-bond acceptors (Lipinski definition) is 4. The molecule has 0 radical (unpaired) electrons. The molecule has 3 rings (SSSR count). The van der Waals surface area contributed by atoms with Crippen LogP contribution in [0.15, 0.2) is 42.5 Å². The Morgan fingerprint density at radius 1 is 0.818 bits per heavy atom. The van der Waals surface area contributed by atoms with Crippen LogP contribution < -0.4 is 0 Å². The first kappa shape index (κ1) is 13.6. The van der Waals surface area contributed by atoms with Gasteiger partial charge in [-0.2, -0.15) is 21.0 Å². The molecule has 0 saturated heterocycles. The fraction of sp³-hybridized carbons (Fsp3) is 0.222. The van der Waals surface area contributed by atoms with E-state index in [4.69, 9.17) is 0 Å². The Labute approximate surface area is 128 Å². The lowest BCUT2D eigenvalue weighted by Gasteiger charge is -2.55. The van der Waals surface area contributed by atoms with Gasteiger partial charge in [-0.15, -0.1) is 0 Å². The maximum absolute atomic E-state index is 9.64. The van der Waals surface area contributed by atoms with Crippen LogP contribution in [0.25, 0.3) is 6.08 Å². The van der Waals surface area contributed by atoms with Gasteiger partial charge in [0.25, 0.3) is 0 Å². The van der Waals surface area contributed by atoms with Gasteiger partial charge in [-0.25, -0.2) is 0 Å². The molecule has 4 heteroatoms. The van der Waals surface area contributed by atoms with E-state index in [0.29, 0.717) is 0 Å². The maximum atomic E-state index is 9.64. The van der Waals surface area contributed by atoms with Gasteiger partial charge >= 0.3 is 0 Å². The third-order valence-corrected chi connectivity index (χ3v) is 4.69. The predicted molar refractivity (Wildman–Crippen MR) is 78.2 cm³/mol. The highest BCUT2D eigenvalue weighted by atomic mass is 14.7. The first-order valence-corrected chi connectivity index (χ1v) is 6.79. The quantitative estimate of drug-likeness (QED) is 0.730. The van der Waals surface area contributed by atoms with Crippen molar-refractivity contribution in [3.8, 4) is 24.3 Å². The van der Waals surface area contributed by atoms with Gasteiger partial charge in [0.15, 0.2) is 10.8 Å². The number of allylic oxidation sites excluding steroid dienone is 3. The molecule has 0 bridgehead atoms. The lowest BCUT2D eigenvalue weighted by Crippen LogP contribution is -2.61. The molecule has 0 heterocycles. The molecule has 0 aromatic heterocycles. The van der Waals surface area contributed by atoms with Crippen LogP contribution in [0.2, 0.25) is 0 Å². The second-order valence-corrected chi connectivity index (χ2v) is 5.44. The van der Waals surface area contributed by atoms with E-state index >= 15 is 0 Å². The Bertz CT molecular complexity index is 836. The van der Waals surface area contributed by atoms with E-state index in [1.54, 1.807) is 12.2 Å². The van der Waals surface area contributed by atoms with Gasteiger partial charge in [0.1, 0.15) is 0 Å². The third-order valence-electron chi connectivity index (χ3n) is 4.69. The van der Waals surface area contributed by atoms with E-state index < -0.39 is 22.7 Å². The molecule has 1 fully saturated rings. The maximum Gasteiger partial charge on any atom is 0.183 e. The molecule has 2 atom stereocenters. The number of nitriles is 4. The molecule has 1 aromatic rings. The van der Waals surface area contributed by atoms with Crippen LogP contribution in [0, 0.1) is 62.1 Å². The third kappa shape index (κ3) is 1.32. The molecular formula is C18H10N4. The van der Waals surface area contributed by atoms with Gasteiger partial charge in [0.2, 0.25) is 0 Å². The van der Waals surface area contributed by atoms with Gasteiger partial charge in [0.05, 0.1) is 24.3 Å². The largest absolute Gasteiger partial charge is 0.196 e. The molecule has 2 aliphatic rings. The Morgan fingerprint density at radius 2 is 1.45 bits per heavy atom. The highest BCUT2D eigenvalue weighted by molar-refractivity contribution is 5.63. The predicted octanol–water partition coefficient (Wildman–Crippen LogP) is 3.05. The highest BCUT2D eigenvalue weighted by Crippen LogP contribution is 2.69. The first-order valence-electron chi connectivity index (χ1n) is 6.79. The second-order valence-electron chi connectivity index (χ2n) is 5.44. The van der Waals surface area contributed by atoms with Crippen molar-refractivity contribution in [1.82, 2.24) is 0 Å². The summed E-state index contributed by atoms with van der Waals surface area (Å²) in [7, 11) is 0. The van der Waals surface area contributed by atoms with Gasteiger partial charge in [0, 0.05) is 11.8 Å². The summed E-state index contributed by atoms with van der Waals surface area (Å²) in [6.07, 6.45) is 7.28. The highest BCUT2D eigenvalue weighted by Gasteiger charge is 2.75. The van der Waals surface area contributed by atoms with Gasteiger partial charge in [-0.1, -0.05) is 48.6 Å². The fourth-order valence-corrected chi connectivity index (χ4v) is 3.59. The Morgan fingerprint density at radius 3 is 2.09 bits per heavy atom. The number of benzene rings is 1. The molecule has 22 heavy (non-hydrogen) atoms. The molecular weight excluding hydrogens is 272 g/mol. The van der Waals surface area contributed by atoms with E-state index in [1.807, 2.05) is 60.7 Å². The molecule has 0 spiro atoms. The molecule has 0 unspecified atom stereocenters. The van der Waals surface area contributed by atoms with Crippen LogP contribution >= 0.6 is 0 Å². The van der Waals surface area contributed by atoms with Crippen LogP contribution in [-0.4, -0.2) is 0 Å². The van der Waals surface area contributed by atoms with Crippen molar-refractivity contribution in [2.75, 3.05) is 0 Å². The minimum atomic E-state index is -1.66. The summed E-state index contributed by atoms with van der Waals surface area (Å²) in [5.41, 5.74) is -1.57. The van der Waals surface area contributed by atoms with Crippen molar-refractivity contribution in [2.45, 2.75) is 5.92 Å². The van der Waals surface area contributed by atoms with E-state index in [2.05, 4.69) is 0 Å². The van der Waals surface area contributed by atoms with Crippen molar-refractivity contribution >= 4 is 6.08 Å². The summed E-state index contributed by atoms with van der Waals surface area (Å²) in [4.78, 5) is 0. The molecule has 0 aliphatic heterocycles. The first-order chi connectivity index (χ1) is 10.7. The smallest absolute Gasteiger partial charge is 0.183 e. The topological polar surface area (TPSA) is 95.2 Å². The van der Waals surface area contributed by atoms with E-state index in [9.17, 15) is 21.0 Å². The summed E-state index contributed by atoms with van der Waals surface area (Å²) >= 11 is 0. The Hall–Kier alpha value is -3.34. The van der Waals surface area contributed by atoms with Crippen LogP contribution in [0.1, 0.15) is 17.0 Å². The summed E-state index contributed by atoms with van der Waals surface area (Å²) in [6.45, 7) is 0. The zero-order valence-electron chi connectivity index (χ0n) is 11.6. The monoisotopic (exact) mass is 282 g/mol. The lowest BCUT2D eigenvalue weighted by molar-refractivity contribution is 0.0294. The number of fused-ring (bicyclic) bond motifs is 3. The van der Waals surface area contributed by atoms with E-state index in [-0.39, 0.29) is 0 Å². The molecule has 0 amide bonds. The summed E-state index contributed by atoms with van der Waals surface area (Å²) < 4.78 is 0. The van der Waals surface area contributed by atoms with Gasteiger partial charge in [-0.3, -0.25) is 0 Å². The SMILES string of the molecule is N#CC1(C#N)[C@@H]2/C=C\C=C/c3ccccc3[C@@H]2C1(C#N)C#N. The number of rotatable bonds is 0. The van der Waals surface area contributed by atoms with Gasteiger partial charge in [-0.05, 0) is 11.1 Å². The lowest BCUT2D eigenvalue weighted by atomic mass is 9.38. The Balaban J connectivity index is 2.34. The minimum Gasteiger partial charge on any atom is -0.196 e. The second kappa shape index (κ2) is 4.60. The average Bonchev–Trinajstić information content (AvgIpc) is 2.54.